The standard InChI is InChI=1S/C9H18N2O/c1-4-6-11(7-5-10)8(2)9(3)12/h8-9,12H,4,6-7H2,1-3H3. The molecule has 0 heterocycles. The van der Waals surface area contributed by atoms with Crippen LogP contribution in [-0.4, -0.2) is 35.2 Å². The number of hydrogen-bond acceptors (Lipinski definition) is 3. The van der Waals surface area contributed by atoms with Gasteiger partial charge in [-0.15, -0.1) is 0 Å². The van der Waals surface area contributed by atoms with E-state index in [9.17, 15) is 5.11 Å². The molecule has 0 fully saturated rings. The van der Waals surface area contributed by atoms with Gasteiger partial charge in [0.1, 0.15) is 0 Å². The summed E-state index contributed by atoms with van der Waals surface area (Å²) >= 11 is 0. The minimum atomic E-state index is -0.370. The van der Waals surface area contributed by atoms with Gasteiger partial charge in [0, 0.05) is 6.04 Å². The van der Waals surface area contributed by atoms with Crippen LogP contribution in [0.5, 0.6) is 0 Å². The van der Waals surface area contributed by atoms with Crippen molar-refractivity contribution >= 4 is 0 Å². The highest BCUT2D eigenvalue weighted by atomic mass is 16.3. The van der Waals surface area contributed by atoms with E-state index < -0.39 is 0 Å². The Morgan fingerprint density at radius 1 is 1.50 bits per heavy atom. The van der Waals surface area contributed by atoms with Crippen LogP contribution in [0.4, 0.5) is 0 Å². The Hall–Kier alpha value is -0.590. The Kier molecular flexibility index (Phi) is 5.69. The summed E-state index contributed by atoms with van der Waals surface area (Å²) in [5.41, 5.74) is 0. The van der Waals surface area contributed by atoms with Crippen molar-refractivity contribution in [2.45, 2.75) is 39.3 Å². The topological polar surface area (TPSA) is 47.3 Å². The fourth-order valence-corrected chi connectivity index (χ4v) is 1.11. The van der Waals surface area contributed by atoms with Gasteiger partial charge in [0.15, 0.2) is 0 Å². The molecule has 3 heteroatoms. The van der Waals surface area contributed by atoms with Crippen LogP contribution in [0.25, 0.3) is 0 Å². The molecule has 0 rings (SSSR count). The Labute approximate surface area is 74.6 Å². The van der Waals surface area contributed by atoms with E-state index in [4.69, 9.17) is 5.26 Å². The van der Waals surface area contributed by atoms with E-state index in [-0.39, 0.29) is 12.1 Å². The molecule has 0 aliphatic heterocycles. The summed E-state index contributed by atoms with van der Waals surface area (Å²) in [4.78, 5) is 1.99. The summed E-state index contributed by atoms with van der Waals surface area (Å²) in [5.74, 6) is 0. The van der Waals surface area contributed by atoms with Crippen LogP contribution in [-0.2, 0) is 0 Å². The fourth-order valence-electron chi connectivity index (χ4n) is 1.11. The molecule has 0 radical (unpaired) electrons. The lowest BCUT2D eigenvalue weighted by atomic mass is 10.2. The molecule has 70 valence electrons. The second-order valence-electron chi connectivity index (χ2n) is 3.11. The zero-order chi connectivity index (χ0) is 9.56. The van der Waals surface area contributed by atoms with E-state index in [0.29, 0.717) is 6.54 Å². The predicted octanol–water partition coefficient (Wildman–Crippen LogP) is 0.991. The molecule has 0 amide bonds. The van der Waals surface area contributed by atoms with Crippen molar-refractivity contribution in [2.24, 2.45) is 0 Å². The number of aliphatic hydroxyl groups excluding tert-OH is 1. The molecular formula is C9H18N2O. The van der Waals surface area contributed by atoms with Crippen molar-refractivity contribution in [3.63, 3.8) is 0 Å². The fraction of sp³-hybridized carbons (Fsp3) is 0.889. The normalized spacial score (nSPS) is 15.7. The van der Waals surface area contributed by atoms with E-state index in [0.717, 1.165) is 13.0 Å². The van der Waals surface area contributed by atoms with Crippen molar-refractivity contribution in [1.29, 1.82) is 5.26 Å². The Balaban J connectivity index is 4.00. The zero-order valence-corrected chi connectivity index (χ0v) is 8.12. The first-order chi connectivity index (χ1) is 5.63. The molecule has 0 aromatic rings. The molecule has 0 aromatic carbocycles. The van der Waals surface area contributed by atoms with E-state index in [2.05, 4.69) is 13.0 Å². The maximum atomic E-state index is 9.29. The minimum Gasteiger partial charge on any atom is -0.392 e. The first-order valence-corrected chi connectivity index (χ1v) is 4.42. The summed E-state index contributed by atoms with van der Waals surface area (Å²) < 4.78 is 0. The van der Waals surface area contributed by atoms with E-state index in [1.54, 1.807) is 6.92 Å². The van der Waals surface area contributed by atoms with E-state index in [1.807, 2.05) is 11.8 Å². The van der Waals surface area contributed by atoms with Gasteiger partial charge in [0.25, 0.3) is 0 Å². The second kappa shape index (κ2) is 5.99. The van der Waals surface area contributed by atoms with Crippen LogP contribution in [0.1, 0.15) is 27.2 Å². The third kappa shape index (κ3) is 3.70. The highest BCUT2D eigenvalue weighted by molar-refractivity contribution is 4.81. The van der Waals surface area contributed by atoms with Crippen LogP contribution in [0.15, 0.2) is 0 Å². The smallest absolute Gasteiger partial charge is 0.0869 e. The van der Waals surface area contributed by atoms with Gasteiger partial charge < -0.3 is 5.11 Å². The molecular weight excluding hydrogens is 152 g/mol. The third-order valence-corrected chi connectivity index (χ3v) is 2.06. The molecule has 1 N–H and O–H groups in total. The van der Waals surface area contributed by atoms with Crippen LogP contribution in [0.2, 0.25) is 0 Å². The van der Waals surface area contributed by atoms with E-state index >= 15 is 0 Å². The van der Waals surface area contributed by atoms with E-state index in [1.165, 1.54) is 0 Å². The van der Waals surface area contributed by atoms with Crippen molar-refractivity contribution in [3.8, 4) is 6.07 Å². The maximum Gasteiger partial charge on any atom is 0.0869 e. The second-order valence-corrected chi connectivity index (χ2v) is 3.11. The molecule has 0 aliphatic rings. The average Bonchev–Trinajstić information content (AvgIpc) is 2.03. The Morgan fingerprint density at radius 3 is 2.42 bits per heavy atom. The summed E-state index contributed by atoms with van der Waals surface area (Å²) in [6.45, 7) is 7.04. The lowest BCUT2D eigenvalue weighted by Gasteiger charge is -2.28. The van der Waals surface area contributed by atoms with Crippen molar-refractivity contribution in [1.82, 2.24) is 4.90 Å². The molecule has 0 spiro atoms. The molecule has 0 saturated carbocycles. The van der Waals surface area contributed by atoms with Crippen LogP contribution >= 0.6 is 0 Å². The molecule has 0 saturated heterocycles. The van der Waals surface area contributed by atoms with Crippen LogP contribution < -0.4 is 0 Å². The number of aliphatic hydroxyl groups is 1. The van der Waals surface area contributed by atoms with Gasteiger partial charge in [0.05, 0.1) is 18.7 Å². The summed E-state index contributed by atoms with van der Waals surface area (Å²) in [5, 5.41) is 17.8. The van der Waals surface area contributed by atoms with Gasteiger partial charge in [-0.3, -0.25) is 4.90 Å². The Bertz CT molecular complexity index is 151. The third-order valence-electron chi connectivity index (χ3n) is 2.06. The van der Waals surface area contributed by atoms with Crippen LogP contribution in [0.3, 0.4) is 0 Å². The summed E-state index contributed by atoms with van der Waals surface area (Å²) in [7, 11) is 0. The van der Waals surface area contributed by atoms with Gasteiger partial charge in [0.2, 0.25) is 0 Å². The summed E-state index contributed by atoms with van der Waals surface area (Å²) in [6, 6.07) is 2.18. The zero-order valence-electron chi connectivity index (χ0n) is 8.12. The molecule has 0 aliphatic carbocycles. The molecule has 12 heavy (non-hydrogen) atoms. The van der Waals surface area contributed by atoms with Crippen molar-refractivity contribution < 1.29 is 5.11 Å². The number of nitriles is 1. The average molecular weight is 170 g/mol. The summed E-state index contributed by atoms with van der Waals surface area (Å²) in [6.07, 6.45) is 0.642. The van der Waals surface area contributed by atoms with Gasteiger partial charge in [-0.05, 0) is 26.8 Å². The molecule has 0 aromatic heterocycles. The number of rotatable bonds is 5. The molecule has 0 bridgehead atoms. The number of hydrogen-bond donors (Lipinski definition) is 1. The molecule has 2 atom stereocenters. The highest BCUT2D eigenvalue weighted by Gasteiger charge is 2.16. The monoisotopic (exact) mass is 170 g/mol. The first kappa shape index (κ1) is 11.4. The quantitative estimate of drug-likeness (QED) is 0.626. The predicted molar refractivity (Wildman–Crippen MR) is 48.6 cm³/mol. The Morgan fingerprint density at radius 2 is 2.08 bits per heavy atom. The molecule has 3 nitrogen and oxygen atoms in total. The lowest BCUT2D eigenvalue weighted by Crippen LogP contribution is -2.40. The maximum absolute atomic E-state index is 9.29. The van der Waals surface area contributed by atoms with Crippen molar-refractivity contribution in [3.05, 3.63) is 0 Å². The van der Waals surface area contributed by atoms with Gasteiger partial charge >= 0.3 is 0 Å². The molecule has 2 unspecified atom stereocenters. The first-order valence-electron chi connectivity index (χ1n) is 4.42. The highest BCUT2D eigenvalue weighted by Crippen LogP contribution is 2.04. The van der Waals surface area contributed by atoms with Gasteiger partial charge in [-0.2, -0.15) is 5.26 Å². The SMILES string of the molecule is CCCN(CC#N)C(C)C(C)O. The largest absolute Gasteiger partial charge is 0.392 e. The van der Waals surface area contributed by atoms with Crippen LogP contribution in [0, 0.1) is 11.3 Å². The number of nitrogens with zero attached hydrogens (tertiary/aromatic N) is 2. The van der Waals surface area contributed by atoms with Gasteiger partial charge in [-0.25, -0.2) is 0 Å². The minimum absolute atomic E-state index is 0.0737. The van der Waals surface area contributed by atoms with Crippen molar-refractivity contribution in [2.75, 3.05) is 13.1 Å². The lowest BCUT2D eigenvalue weighted by molar-refractivity contribution is 0.0789. The van der Waals surface area contributed by atoms with Gasteiger partial charge in [-0.1, -0.05) is 6.92 Å².